The number of carboxylic acid groups (broad SMARTS) is 1. The first-order chi connectivity index (χ1) is 14.4. The molecule has 5 nitrogen and oxygen atoms in total. The second-order valence-electron chi connectivity index (χ2n) is 8.15. The third-order valence-corrected chi connectivity index (χ3v) is 6.81. The first-order valence-electron chi connectivity index (χ1n) is 10.7. The molecule has 1 aliphatic carbocycles. The summed E-state index contributed by atoms with van der Waals surface area (Å²) in [4.78, 5) is 24.9. The van der Waals surface area contributed by atoms with Gasteiger partial charge in [0.2, 0.25) is 0 Å². The maximum atomic E-state index is 12.1. The number of benzene rings is 1. The van der Waals surface area contributed by atoms with Gasteiger partial charge < -0.3 is 15.2 Å². The van der Waals surface area contributed by atoms with E-state index < -0.39 is 11.6 Å². The number of hydrogen-bond donors (Lipinski definition) is 2. The van der Waals surface area contributed by atoms with E-state index in [-0.39, 0.29) is 0 Å². The van der Waals surface area contributed by atoms with Gasteiger partial charge in [-0.15, -0.1) is 11.3 Å². The third-order valence-electron chi connectivity index (χ3n) is 5.88. The molecule has 0 amide bonds. The van der Waals surface area contributed by atoms with Crippen LogP contribution in [-0.2, 0) is 26.5 Å². The maximum Gasteiger partial charge on any atom is 0.340 e. The predicted molar refractivity (Wildman–Crippen MR) is 120 cm³/mol. The van der Waals surface area contributed by atoms with Crippen molar-refractivity contribution in [3.05, 3.63) is 46.2 Å². The first-order valence-corrected chi connectivity index (χ1v) is 11.6. The number of thiophene rings is 1. The number of carbonyl (C=O) groups excluding carboxylic acids is 1. The number of ketones is 1. The van der Waals surface area contributed by atoms with Crippen LogP contribution >= 0.6 is 11.3 Å². The number of rotatable bonds is 11. The number of aliphatic carboxylic acids is 1. The molecule has 0 saturated heterocycles. The third kappa shape index (κ3) is 5.56. The number of carboxylic acids is 1. The maximum absolute atomic E-state index is 12.1. The van der Waals surface area contributed by atoms with Crippen LogP contribution < -0.4 is 5.32 Å². The van der Waals surface area contributed by atoms with Crippen LogP contribution in [0.1, 0.15) is 56.4 Å². The summed E-state index contributed by atoms with van der Waals surface area (Å²) in [5.74, 6) is -0.0881. The zero-order chi connectivity index (χ0) is 21.6. The van der Waals surface area contributed by atoms with Crippen LogP contribution in [0.3, 0.4) is 0 Å². The quantitative estimate of drug-likeness (QED) is 0.526. The van der Waals surface area contributed by atoms with E-state index >= 15 is 0 Å². The Balaban J connectivity index is 1.55. The summed E-state index contributed by atoms with van der Waals surface area (Å²) < 4.78 is 5.50. The molecular weight excluding hydrogens is 398 g/mol. The zero-order valence-electron chi connectivity index (χ0n) is 17.8. The lowest BCUT2D eigenvalue weighted by atomic mass is 9.94. The summed E-state index contributed by atoms with van der Waals surface area (Å²) in [7, 11) is 0. The van der Waals surface area contributed by atoms with Gasteiger partial charge in [0.1, 0.15) is 5.78 Å². The molecule has 6 heteroatoms. The minimum Gasteiger partial charge on any atom is -0.479 e. The van der Waals surface area contributed by atoms with Gasteiger partial charge in [0.15, 0.2) is 5.60 Å². The lowest BCUT2D eigenvalue weighted by Crippen LogP contribution is -2.35. The molecule has 30 heavy (non-hydrogen) atoms. The van der Waals surface area contributed by atoms with E-state index in [4.69, 9.17) is 4.74 Å². The Hall–Kier alpha value is -2.02. The van der Waals surface area contributed by atoms with Gasteiger partial charge in [-0.25, -0.2) is 4.79 Å². The highest BCUT2D eigenvalue weighted by atomic mass is 32.1. The van der Waals surface area contributed by atoms with Crippen LogP contribution in [-0.4, -0.2) is 30.0 Å². The number of carbonyl (C=O) groups is 2. The Morgan fingerprint density at radius 1 is 1.20 bits per heavy atom. The normalized spacial score (nSPS) is 16.5. The van der Waals surface area contributed by atoms with Crippen LogP contribution in [0.15, 0.2) is 35.7 Å². The Labute approximate surface area is 182 Å². The molecule has 1 aromatic heterocycles. The van der Waals surface area contributed by atoms with Gasteiger partial charge in [0.25, 0.3) is 0 Å². The number of nitrogens with one attached hydrogen (secondary N) is 1. The van der Waals surface area contributed by atoms with Gasteiger partial charge in [-0.3, -0.25) is 4.79 Å². The summed E-state index contributed by atoms with van der Waals surface area (Å²) in [5, 5.41) is 14.9. The molecule has 1 heterocycles. The molecule has 2 aromatic rings. The van der Waals surface area contributed by atoms with E-state index in [9.17, 15) is 14.7 Å². The first kappa shape index (κ1) is 22.7. The standard InChI is InChI=1S/C24H31NO4S/c1-3-29-24(2,23(27)28)20-10-8-18(9-11-20)19-13-22(30-16-19)15-25-14-21(26)12-17-6-4-5-7-17/h8-11,13,16-17,25H,3-7,12,14-15H2,1-2H3,(H,27,28)/t24-/m0/s1. The van der Waals surface area contributed by atoms with E-state index in [1.807, 2.05) is 24.3 Å². The van der Waals surface area contributed by atoms with Crippen LogP contribution in [0.5, 0.6) is 0 Å². The highest BCUT2D eigenvalue weighted by Gasteiger charge is 2.35. The Kier molecular flexibility index (Phi) is 7.81. The van der Waals surface area contributed by atoms with Crippen molar-refractivity contribution in [2.75, 3.05) is 13.2 Å². The molecule has 0 radical (unpaired) electrons. The van der Waals surface area contributed by atoms with Crippen molar-refractivity contribution in [2.45, 2.75) is 58.1 Å². The van der Waals surface area contributed by atoms with Gasteiger partial charge in [-0.05, 0) is 47.9 Å². The van der Waals surface area contributed by atoms with Crippen molar-refractivity contribution in [3.8, 4) is 11.1 Å². The summed E-state index contributed by atoms with van der Waals surface area (Å²) >= 11 is 1.66. The molecule has 1 fully saturated rings. The fraction of sp³-hybridized carbons (Fsp3) is 0.500. The van der Waals surface area contributed by atoms with E-state index in [0.717, 1.165) is 11.1 Å². The van der Waals surface area contributed by atoms with Crippen molar-refractivity contribution < 1.29 is 19.4 Å². The summed E-state index contributed by atoms with van der Waals surface area (Å²) in [6.07, 6.45) is 5.66. The number of Topliss-reactive ketones (excluding diaryl/α,β-unsaturated/α-hetero) is 1. The molecule has 162 valence electrons. The summed E-state index contributed by atoms with van der Waals surface area (Å²) in [5.41, 5.74) is 1.40. The van der Waals surface area contributed by atoms with Crippen molar-refractivity contribution in [1.29, 1.82) is 0 Å². The van der Waals surface area contributed by atoms with Crippen LogP contribution in [0.2, 0.25) is 0 Å². The van der Waals surface area contributed by atoms with Gasteiger partial charge >= 0.3 is 5.97 Å². The minimum absolute atomic E-state index is 0.310. The van der Waals surface area contributed by atoms with E-state index in [1.54, 1.807) is 25.2 Å². The molecule has 1 atom stereocenters. The summed E-state index contributed by atoms with van der Waals surface area (Å²) in [6.45, 7) is 4.81. The smallest absolute Gasteiger partial charge is 0.340 e. The van der Waals surface area contributed by atoms with Crippen molar-refractivity contribution in [2.24, 2.45) is 5.92 Å². The second-order valence-corrected chi connectivity index (χ2v) is 9.14. The van der Waals surface area contributed by atoms with Gasteiger partial charge in [-0.2, -0.15) is 0 Å². The van der Waals surface area contributed by atoms with Crippen LogP contribution in [0.4, 0.5) is 0 Å². The van der Waals surface area contributed by atoms with Crippen molar-refractivity contribution in [1.82, 2.24) is 5.32 Å². The van der Waals surface area contributed by atoms with Gasteiger partial charge in [0, 0.05) is 24.4 Å². The molecule has 0 bridgehead atoms. The number of ether oxygens (including phenoxy) is 1. The molecule has 3 rings (SSSR count). The lowest BCUT2D eigenvalue weighted by Gasteiger charge is -2.25. The minimum atomic E-state index is -1.35. The summed E-state index contributed by atoms with van der Waals surface area (Å²) in [6, 6.07) is 9.61. The Morgan fingerprint density at radius 2 is 1.90 bits per heavy atom. The Morgan fingerprint density at radius 3 is 2.53 bits per heavy atom. The second kappa shape index (κ2) is 10.3. The van der Waals surface area contributed by atoms with E-state index in [1.165, 1.54) is 30.6 Å². The average Bonchev–Trinajstić information content (AvgIpc) is 3.40. The molecule has 1 aromatic carbocycles. The molecule has 0 unspecified atom stereocenters. The molecular formula is C24H31NO4S. The zero-order valence-corrected chi connectivity index (χ0v) is 18.6. The SMILES string of the molecule is CCO[C@](C)(C(=O)O)c1ccc(-c2csc(CNCC(=O)CC3CCCC3)c2)cc1. The number of hydrogen-bond acceptors (Lipinski definition) is 5. The highest BCUT2D eigenvalue weighted by molar-refractivity contribution is 7.10. The fourth-order valence-electron chi connectivity index (χ4n) is 4.10. The van der Waals surface area contributed by atoms with Crippen LogP contribution in [0.25, 0.3) is 11.1 Å². The Bertz CT molecular complexity index is 854. The van der Waals surface area contributed by atoms with Crippen molar-refractivity contribution >= 4 is 23.1 Å². The van der Waals surface area contributed by atoms with Gasteiger partial charge in [-0.1, -0.05) is 49.9 Å². The molecule has 0 spiro atoms. The van der Waals surface area contributed by atoms with Crippen LogP contribution in [0, 0.1) is 5.92 Å². The van der Waals surface area contributed by atoms with E-state index in [2.05, 4.69) is 16.8 Å². The van der Waals surface area contributed by atoms with Gasteiger partial charge in [0.05, 0.1) is 6.54 Å². The fourth-order valence-corrected chi connectivity index (χ4v) is 4.96. The monoisotopic (exact) mass is 429 g/mol. The molecule has 1 aliphatic rings. The average molecular weight is 430 g/mol. The highest BCUT2D eigenvalue weighted by Crippen LogP contribution is 2.31. The topological polar surface area (TPSA) is 75.6 Å². The molecule has 0 aliphatic heterocycles. The molecule has 1 saturated carbocycles. The van der Waals surface area contributed by atoms with E-state index in [0.29, 0.717) is 43.4 Å². The predicted octanol–water partition coefficient (Wildman–Crippen LogP) is 4.99. The van der Waals surface area contributed by atoms with Crippen molar-refractivity contribution in [3.63, 3.8) is 0 Å². The largest absolute Gasteiger partial charge is 0.479 e. The molecule has 2 N–H and O–H groups in total. The lowest BCUT2D eigenvalue weighted by molar-refractivity contribution is -0.164.